The Morgan fingerprint density at radius 3 is 1.43 bits per heavy atom. The Balaban J connectivity index is 3.49. The minimum absolute atomic E-state index is 0.0930. The van der Waals surface area contributed by atoms with Crippen molar-refractivity contribution in [3.05, 3.63) is 0 Å². The highest BCUT2D eigenvalue weighted by molar-refractivity contribution is 5.69. The lowest BCUT2D eigenvalue weighted by Gasteiger charge is -2.28. The zero-order valence-corrected chi connectivity index (χ0v) is 24.1. The van der Waals surface area contributed by atoms with Crippen molar-refractivity contribution in [2.75, 3.05) is 26.4 Å². The van der Waals surface area contributed by atoms with Gasteiger partial charge in [0.15, 0.2) is 0 Å². The first-order valence-electron chi connectivity index (χ1n) is 14.8. The highest BCUT2D eigenvalue weighted by atomic mass is 16.6. The first-order chi connectivity index (χ1) is 16.7. The van der Waals surface area contributed by atoms with E-state index in [9.17, 15) is 4.79 Å². The van der Waals surface area contributed by atoms with Crippen LogP contribution in [0.25, 0.3) is 0 Å². The minimum atomic E-state index is -0.362. The van der Waals surface area contributed by atoms with Gasteiger partial charge >= 0.3 is 5.97 Å². The molecule has 0 aliphatic heterocycles. The van der Waals surface area contributed by atoms with Gasteiger partial charge in [-0.3, -0.25) is 4.79 Å². The number of ether oxygens (including phenoxy) is 3. The van der Waals surface area contributed by atoms with Crippen LogP contribution in [0.3, 0.4) is 0 Å². The molecule has 1 N–H and O–H groups in total. The molecule has 35 heavy (non-hydrogen) atoms. The van der Waals surface area contributed by atoms with Crippen molar-refractivity contribution in [1.29, 1.82) is 0 Å². The number of aliphatic hydroxyl groups excluding tert-OH is 1. The van der Waals surface area contributed by atoms with E-state index in [0.717, 1.165) is 12.8 Å². The molecule has 0 spiro atoms. The van der Waals surface area contributed by atoms with Crippen LogP contribution < -0.4 is 0 Å². The van der Waals surface area contributed by atoms with Crippen LogP contribution in [-0.2, 0) is 19.0 Å². The van der Waals surface area contributed by atoms with Gasteiger partial charge in [-0.15, -0.1) is 0 Å². The molecule has 0 atom stereocenters. The zero-order chi connectivity index (χ0) is 26.3. The van der Waals surface area contributed by atoms with Crippen LogP contribution in [0.2, 0.25) is 0 Å². The van der Waals surface area contributed by atoms with E-state index in [1.807, 2.05) is 27.7 Å². The van der Waals surface area contributed by atoms with Crippen molar-refractivity contribution in [3.8, 4) is 0 Å². The lowest BCUT2D eigenvalue weighted by molar-refractivity contribution is -0.146. The monoisotopic (exact) mass is 500 g/mol. The SMILES string of the molecule is CCCCCCCCCCCCCCCCCC(=O)OCCC(C)(C)OCCOC(C)(C)CCO. The summed E-state index contributed by atoms with van der Waals surface area (Å²) < 4.78 is 17.1. The van der Waals surface area contributed by atoms with Crippen molar-refractivity contribution >= 4 is 5.97 Å². The Kier molecular flexibility index (Phi) is 22.1. The molecular weight excluding hydrogens is 440 g/mol. The molecular formula is C30H60O5. The van der Waals surface area contributed by atoms with Crippen LogP contribution in [0.4, 0.5) is 0 Å². The Hall–Kier alpha value is -0.650. The third-order valence-corrected chi connectivity index (χ3v) is 6.73. The number of carbonyl (C=O) groups is 1. The summed E-state index contributed by atoms with van der Waals surface area (Å²) in [6.07, 6.45) is 21.7. The predicted molar refractivity (Wildman–Crippen MR) is 147 cm³/mol. The fraction of sp³-hybridized carbons (Fsp3) is 0.967. The molecule has 0 bridgehead atoms. The summed E-state index contributed by atoms with van der Waals surface area (Å²) in [5.74, 6) is -0.0930. The van der Waals surface area contributed by atoms with E-state index in [-0.39, 0.29) is 23.8 Å². The van der Waals surface area contributed by atoms with Gasteiger partial charge in [0, 0.05) is 19.4 Å². The van der Waals surface area contributed by atoms with Crippen LogP contribution >= 0.6 is 0 Å². The second-order valence-electron chi connectivity index (χ2n) is 11.4. The topological polar surface area (TPSA) is 65.0 Å². The average Bonchev–Trinajstić information content (AvgIpc) is 2.79. The van der Waals surface area contributed by atoms with Crippen LogP contribution in [-0.4, -0.2) is 48.7 Å². The number of unbranched alkanes of at least 4 members (excludes halogenated alkanes) is 14. The van der Waals surface area contributed by atoms with E-state index in [1.54, 1.807) is 0 Å². The molecule has 0 aromatic heterocycles. The molecule has 0 aliphatic carbocycles. The highest BCUT2D eigenvalue weighted by Crippen LogP contribution is 2.17. The third kappa shape index (κ3) is 24.8. The first-order valence-corrected chi connectivity index (χ1v) is 14.8. The van der Waals surface area contributed by atoms with E-state index in [2.05, 4.69) is 6.92 Å². The summed E-state index contributed by atoms with van der Waals surface area (Å²) in [6.45, 7) is 11.7. The largest absolute Gasteiger partial charge is 0.466 e. The summed E-state index contributed by atoms with van der Waals surface area (Å²) in [5.41, 5.74) is -0.704. The molecule has 0 aromatic carbocycles. The molecule has 0 amide bonds. The molecule has 0 radical (unpaired) electrons. The van der Waals surface area contributed by atoms with Crippen molar-refractivity contribution < 1.29 is 24.1 Å². The number of esters is 1. The molecule has 5 nitrogen and oxygen atoms in total. The van der Waals surface area contributed by atoms with Crippen LogP contribution in [0.1, 0.15) is 150 Å². The lowest BCUT2D eigenvalue weighted by atomic mass is 10.0. The Labute approximate surface area is 218 Å². The normalized spacial score (nSPS) is 12.3. The van der Waals surface area contributed by atoms with Crippen molar-refractivity contribution in [2.24, 2.45) is 0 Å². The Morgan fingerprint density at radius 1 is 0.600 bits per heavy atom. The van der Waals surface area contributed by atoms with Crippen molar-refractivity contribution in [1.82, 2.24) is 0 Å². The molecule has 0 heterocycles. The summed E-state index contributed by atoms with van der Waals surface area (Å²) in [4.78, 5) is 12.0. The predicted octanol–water partition coefficient (Wildman–Crippen LogP) is 8.15. The standard InChI is InChI=1S/C30H60O5/c1-6-7-8-9-10-11-12-13-14-15-16-17-18-19-20-21-28(32)33-25-23-30(4,5)35-27-26-34-29(2,3)22-24-31/h31H,6-27H2,1-5H3. The summed E-state index contributed by atoms with van der Waals surface area (Å²) in [7, 11) is 0. The van der Waals surface area contributed by atoms with Crippen molar-refractivity contribution in [3.63, 3.8) is 0 Å². The van der Waals surface area contributed by atoms with Gasteiger partial charge in [-0.25, -0.2) is 0 Å². The molecule has 0 rings (SSSR count). The fourth-order valence-corrected chi connectivity index (χ4v) is 4.17. The van der Waals surface area contributed by atoms with Gasteiger partial charge in [-0.05, 0) is 40.5 Å². The number of rotatable bonds is 26. The molecule has 0 unspecified atom stereocenters. The molecule has 0 saturated heterocycles. The van der Waals surface area contributed by atoms with E-state index in [1.165, 1.54) is 83.5 Å². The zero-order valence-electron chi connectivity index (χ0n) is 24.1. The minimum Gasteiger partial charge on any atom is -0.466 e. The number of carbonyl (C=O) groups excluding carboxylic acids is 1. The molecule has 0 saturated carbocycles. The van der Waals surface area contributed by atoms with Gasteiger partial charge in [-0.1, -0.05) is 96.8 Å². The third-order valence-electron chi connectivity index (χ3n) is 6.73. The van der Waals surface area contributed by atoms with Gasteiger partial charge in [0.1, 0.15) is 0 Å². The Bertz CT molecular complexity index is 475. The summed E-state index contributed by atoms with van der Waals surface area (Å²) in [6, 6.07) is 0. The highest BCUT2D eigenvalue weighted by Gasteiger charge is 2.21. The van der Waals surface area contributed by atoms with E-state index >= 15 is 0 Å². The van der Waals surface area contributed by atoms with Crippen LogP contribution in [0.5, 0.6) is 0 Å². The molecule has 0 aromatic rings. The van der Waals surface area contributed by atoms with E-state index in [4.69, 9.17) is 19.3 Å². The molecule has 0 aliphatic rings. The van der Waals surface area contributed by atoms with Crippen LogP contribution in [0, 0.1) is 0 Å². The summed E-state index contributed by atoms with van der Waals surface area (Å²) >= 11 is 0. The molecule has 5 heteroatoms. The van der Waals surface area contributed by atoms with Gasteiger partial charge in [0.05, 0.1) is 31.0 Å². The first kappa shape index (κ1) is 34.4. The number of hydrogen-bond acceptors (Lipinski definition) is 5. The van der Waals surface area contributed by atoms with Gasteiger partial charge in [0.25, 0.3) is 0 Å². The lowest BCUT2D eigenvalue weighted by Crippen LogP contribution is -2.31. The van der Waals surface area contributed by atoms with E-state index in [0.29, 0.717) is 39.1 Å². The second kappa shape index (κ2) is 22.5. The fourth-order valence-electron chi connectivity index (χ4n) is 4.17. The number of aliphatic hydroxyl groups is 1. The summed E-state index contributed by atoms with van der Waals surface area (Å²) in [5, 5.41) is 9.04. The van der Waals surface area contributed by atoms with Gasteiger partial charge < -0.3 is 19.3 Å². The van der Waals surface area contributed by atoms with E-state index < -0.39 is 0 Å². The van der Waals surface area contributed by atoms with Crippen molar-refractivity contribution in [2.45, 2.75) is 161 Å². The quantitative estimate of drug-likeness (QED) is 0.0958. The second-order valence-corrected chi connectivity index (χ2v) is 11.4. The maximum Gasteiger partial charge on any atom is 0.305 e. The van der Waals surface area contributed by atoms with Gasteiger partial charge in [0.2, 0.25) is 0 Å². The molecule has 210 valence electrons. The average molecular weight is 501 g/mol. The smallest absolute Gasteiger partial charge is 0.305 e. The number of hydrogen-bond donors (Lipinski definition) is 1. The van der Waals surface area contributed by atoms with Crippen LogP contribution in [0.15, 0.2) is 0 Å². The maximum absolute atomic E-state index is 12.0. The maximum atomic E-state index is 12.0. The Morgan fingerprint density at radius 2 is 1.00 bits per heavy atom. The van der Waals surface area contributed by atoms with Gasteiger partial charge in [-0.2, -0.15) is 0 Å². The molecule has 0 fully saturated rings.